The number of likely N-dealkylation sites (tertiary alicyclic amines) is 1. The Hall–Kier alpha value is -2.05. The average Bonchev–Trinajstić information content (AvgIpc) is 3.10. The van der Waals surface area contributed by atoms with Gasteiger partial charge in [-0.25, -0.2) is 15.8 Å². The molecule has 2 saturated heterocycles. The molecule has 2 aliphatic rings. The second-order valence-electron chi connectivity index (χ2n) is 10.9. The minimum Gasteiger partial charge on any atom is -0.552 e. The number of nitrogens with zero attached hydrogens (tertiary/aromatic N) is 4. The summed E-state index contributed by atoms with van der Waals surface area (Å²) >= 11 is 1.27. The van der Waals surface area contributed by atoms with Gasteiger partial charge in [0.1, 0.15) is 11.6 Å². The number of nitrogens with one attached hydrogen (secondary N) is 2. The summed E-state index contributed by atoms with van der Waals surface area (Å²) < 4.78 is 30.0. The molecule has 0 saturated carbocycles. The van der Waals surface area contributed by atoms with Crippen molar-refractivity contribution >= 4 is 36.5 Å². The number of benzene rings is 2. The average molecular weight is 678 g/mol. The van der Waals surface area contributed by atoms with Gasteiger partial charge in [0.05, 0.1) is 23.3 Å². The minimum absolute atomic E-state index is 0. The number of carbonyl (C=O) groups excluding carboxylic acids is 1. The molecular formula is C34H47FN6NaO4S-3. The number of β-amino-alcohol motifs (C(OH)–C–C–N with tert-alkyl or cyclic N) is 1. The van der Waals surface area contributed by atoms with E-state index in [-0.39, 0.29) is 63.5 Å². The molecule has 0 amide bonds. The molecule has 0 aliphatic carbocycles. The minimum atomic E-state index is -0.704. The predicted molar refractivity (Wildman–Crippen MR) is 183 cm³/mol. The summed E-state index contributed by atoms with van der Waals surface area (Å²) in [5.74, 6) is -0.793. The number of nitriles is 1. The van der Waals surface area contributed by atoms with Gasteiger partial charge in [-0.2, -0.15) is 18.4 Å². The van der Waals surface area contributed by atoms with Crippen LogP contribution >= 0.6 is 12.1 Å². The van der Waals surface area contributed by atoms with Gasteiger partial charge in [-0.05, 0) is 64.0 Å². The second kappa shape index (κ2) is 21.8. The Morgan fingerprint density at radius 3 is 2.45 bits per heavy atom. The zero-order valence-electron chi connectivity index (χ0n) is 28.4. The molecule has 4 rings (SSSR count). The van der Waals surface area contributed by atoms with Crippen LogP contribution in [-0.2, 0) is 9.53 Å². The van der Waals surface area contributed by atoms with Crippen molar-refractivity contribution in [2.75, 3.05) is 51.0 Å². The van der Waals surface area contributed by atoms with Crippen molar-refractivity contribution in [3.8, 4) is 17.6 Å². The van der Waals surface area contributed by atoms with Crippen molar-refractivity contribution in [1.29, 1.82) is 5.26 Å². The Balaban J connectivity index is 0.000000461. The third kappa shape index (κ3) is 12.7. The maximum absolute atomic E-state index is 14.3. The number of ether oxygens (including phenoxy) is 2. The summed E-state index contributed by atoms with van der Waals surface area (Å²) in [6.07, 6.45) is 6.11. The molecule has 47 heavy (non-hydrogen) atoms. The van der Waals surface area contributed by atoms with Crippen LogP contribution in [0.4, 0.5) is 15.8 Å². The molecule has 10 nitrogen and oxygen atoms in total. The first-order chi connectivity index (χ1) is 22.1. The number of hydrogen-bond acceptors (Lipinski definition) is 11. The van der Waals surface area contributed by atoms with Crippen LogP contribution in [0.2, 0.25) is 0 Å². The summed E-state index contributed by atoms with van der Waals surface area (Å²) in [4.78, 5) is 16.8. The first-order valence-electron chi connectivity index (χ1n) is 15.5. The molecule has 0 radical (unpaired) electrons. The molecule has 254 valence electrons. The number of aliphatic hydroxyl groups is 1. The maximum atomic E-state index is 14.3. The molecular weight excluding hydrogens is 630 g/mol. The van der Waals surface area contributed by atoms with Crippen LogP contribution in [0, 0.1) is 31.2 Å². The van der Waals surface area contributed by atoms with Gasteiger partial charge in [-0.1, -0.05) is 32.5 Å². The molecule has 0 spiro atoms. The van der Waals surface area contributed by atoms with Gasteiger partial charge in [0, 0.05) is 43.9 Å². The summed E-state index contributed by atoms with van der Waals surface area (Å²) in [7, 11) is 5.46. The summed E-state index contributed by atoms with van der Waals surface area (Å²) in [5, 5.41) is 23.3. The van der Waals surface area contributed by atoms with Crippen LogP contribution in [0.15, 0.2) is 35.3 Å². The van der Waals surface area contributed by atoms with Gasteiger partial charge in [-0.15, -0.1) is 11.6 Å². The molecule has 3 N–H and O–H groups in total. The van der Waals surface area contributed by atoms with Crippen LogP contribution in [0.25, 0.3) is 0 Å². The molecule has 13 heteroatoms. The van der Waals surface area contributed by atoms with Crippen molar-refractivity contribution in [2.24, 2.45) is 4.99 Å². The molecule has 2 heterocycles. The van der Waals surface area contributed by atoms with Crippen LogP contribution in [0.3, 0.4) is 0 Å². The fraction of sp³-hybridized carbons (Fsp3) is 0.500. The fourth-order valence-corrected chi connectivity index (χ4v) is 5.54. The van der Waals surface area contributed by atoms with E-state index in [4.69, 9.17) is 16.2 Å². The number of aliphatic imine (C=N–C) groups is 1. The van der Waals surface area contributed by atoms with Crippen molar-refractivity contribution in [1.82, 2.24) is 14.5 Å². The quantitative estimate of drug-likeness (QED) is 0.134. The number of anilines is 1. The van der Waals surface area contributed by atoms with E-state index in [0.29, 0.717) is 5.69 Å². The van der Waals surface area contributed by atoms with Crippen LogP contribution in [0.1, 0.15) is 64.0 Å². The molecule has 2 aromatic carbocycles. The molecule has 0 atom stereocenters. The van der Waals surface area contributed by atoms with Crippen LogP contribution in [0.5, 0.6) is 11.5 Å². The summed E-state index contributed by atoms with van der Waals surface area (Å²) in [6, 6.07) is 8.82. The van der Waals surface area contributed by atoms with Gasteiger partial charge in [0.15, 0.2) is 11.6 Å². The Bertz CT molecular complexity index is 1290. The largest absolute Gasteiger partial charge is 1.00 e. The number of piperidine rings is 2. The summed E-state index contributed by atoms with van der Waals surface area (Å²) in [6.45, 7) is 20.5. The fourth-order valence-electron chi connectivity index (χ4n) is 4.99. The van der Waals surface area contributed by atoms with Crippen LogP contribution in [-0.4, -0.2) is 84.8 Å². The van der Waals surface area contributed by atoms with Gasteiger partial charge >= 0.3 is 29.6 Å². The van der Waals surface area contributed by atoms with Crippen molar-refractivity contribution in [2.45, 2.75) is 64.1 Å². The predicted octanol–water partition coefficient (Wildman–Crippen LogP) is 3.08. The molecule has 0 bridgehead atoms. The van der Waals surface area contributed by atoms with Crippen LogP contribution < -0.4 is 44.3 Å². The summed E-state index contributed by atoms with van der Waals surface area (Å²) in [5.41, 5.74) is 0.0751. The van der Waals surface area contributed by atoms with E-state index in [9.17, 15) is 19.6 Å². The van der Waals surface area contributed by atoms with Gasteiger partial charge < -0.3 is 46.2 Å². The standard InChI is InChI=1S/C18H15FN4O2S.C14H26N2O2.C2H6.Na/c1-4-23(3)26-22-17-8-6-15(19)18(14(17)10-20)25-13-5-7-16(21-2)12(9-13)11-24;1-3-14(18-2)6-10-16(11-7-14)12-13(17)4-8-15-9-5-13;1-2;/h2,5-9,22H,4H2,1,3H3;15,17H,1-12H2;1-2H3;/q2*-2;;+1. The zero-order chi connectivity index (χ0) is 34.2. The van der Waals surface area contributed by atoms with E-state index in [0.717, 1.165) is 71.4 Å². The van der Waals surface area contributed by atoms with E-state index in [1.807, 2.05) is 38.2 Å². The number of hydrogen-bond donors (Lipinski definition) is 3. The van der Waals surface area contributed by atoms with Crippen molar-refractivity contribution < 1.29 is 53.3 Å². The smallest absolute Gasteiger partial charge is 0.552 e. The molecule has 2 aliphatic heterocycles. The van der Waals surface area contributed by atoms with Crippen molar-refractivity contribution in [3.05, 3.63) is 61.3 Å². The van der Waals surface area contributed by atoms with E-state index < -0.39 is 11.4 Å². The first kappa shape index (κ1) is 43.0. The maximum Gasteiger partial charge on any atom is 1.00 e. The Labute approximate surface area is 307 Å². The zero-order valence-corrected chi connectivity index (χ0v) is 31.2. The third-order valence-corrected chi connectivity index (χ3v) is 8.88. The topological polar surface area (TPSA) is 122 Å². The Morgan fingerprint density at radius 1 is 1.26 bits per heavy atom. The molecule has 2 aromatic rings. The SMILES string of the molecule is CC.[CH-]=Nc1ccc(Oc2c(F)ccc(NSN(C)CC)c2C#N)cc1[C-]=O.[CH2-]CC1(O[CH2-])CCN(CC2(O)CCNCC2)CC1.[Na+]. The van der Waals surface area contributed by atoms with E-state index in [1.54, 1.807) is 6.29 Å². The van der Waals surface area contributed by atoms with Gasteiger partial charge in [0.25, 0.3) is 0 Å². The van der Waals surface area contributed by atoms with Gasteiger partial charge in [0.2, 0.25) is 0 Å². The molecule has 0 unspecified atom stereocenters. The first-order valence-corrected chi connectivity index (χ1v) is 16.3. The number of rotatable bonds is 12. The van der Waals surface area contributed by atoms with Gasteiger partial charge in [-0.3, -0.25) is 0 Å². The molecule has 2 fully saturated rings. The normalized spacial score (nSPS) is 16.6. The Kier molecular flexibility index (Phi) is 20.0. The number of halogens is 1. The van der Waals surface area contributed by atoms with E-state index in [2.05, 4.69) is 34.0 Å². The third-order valence-electron chi connectivity index (χ3n) is 8.00. The van der Waals surface area contributed by atoms with E-state index in [1.165, 1.54) is 42.5 Å². The van der Waals surface area contributed by atoms with Crippen molar-refractivity contribution in [3.63, 3.8) is 0 Å². The molecule has 0 aromatic heterocycles. The monoisotopic (exact) mass is 677 g/mol. The Morgan fingerprint density at radius 2 is 1.91 bits per heavy atom. The second-order valence-corrected chi connectivity index (χ2v) is 11.9. The van der Waals surface area contributed by atoms with E-state index >= 15 is 0 Å².